The molecule has 1 rings (SSSR count). The smallest absolute Gasteiger partial charge is 0.241 e. The van der Waals surface area contributed by atoms with Crippen LogP contribution in [0, 0.1) is 5.92 Å². The normalized spacial score (nSPS) is 12.6. The molecule has 0 aliphatic rings. The molecule has 0 unspecified atom stereocenters. The SMILES string of the molecule is CCN(c1ccc(NC(=O)[C@@H](N)CC(C)C)cc1)C(C)C. The van der Waals surface area contributed by atoms with E-state index in [0.717, 1.165) is 17.9 Å². The third kappa shape index (κ3) is 5.38. The van der Waals surface area contributed by atoms with Crippen LogP contribution in [0.2, 0.25) is 0 Å². The summed E-state index contributed by atoms with van der Waals surface area (Å²) in [6.07, 6.45) is 0.695. The standard InChI is InChI=1S/C17H29N3O/c1-6-20(13(4)5)15-9-7-14(8-10-15)19-17(21)16(18)11-12(2)3/h7-10,12-13,16H,6,11,18H2,1-5H3,(H,19,21)/t16-/m0/s1. The van der Waals surface area contributed by atoms with Gasteiger partial charge >= 0.3 is 0 Å². The molecule has 0 heterocycles. The molecule has 1 aromatic carbocycles. The highest BCUT2D eigenvalue weighted by atomic mass is 16.2. The van der Waals surface area contributed by atoms with E-state index < -0.39 is 6.04 Å². The Morgan fingerprint density at radius 2 is 1.76 bits per heavy atom. The third-order valence-corrected chi connectivity index (χ3v) is 3.49. The van der Waals surface area contributed by atoms with Crippen LogP contribution in [0.5, 0.6) is 0 Å². The summed E-state index contributed by atoms with van der Waals surface area (Å²) in [5, 5.41) is 2.88. The maximum absolute atomic E-state index is 12.0. The maximum Gasteiger partial charge on any atom is 0.241 e. The zero-order valence-electron chi connectivity index (χ0n) is 13.9. The molecular weight excluding hydrogens is 262 g/mol. The molecule has 0 saturated carbocycles. The first-order valence-corrected chi connectivity index (χ1v) is 7.78. The largest absolute Gasteiger partial charge is 0.369 e. The lowest BCUT2D eigenvalue weighted by molar-refractivity contribution is -0.117. The first-order valence-electron chi connectivity index (χ1n) is 7.78. The minimum absolute atomic E-state index is 0.118. The lowest BCUT2D eigenvalue weighted by Gasteiger charge is -2.27. The van der Waals surface area contributed by atoms with E-state index in [9.17, 15) is 4.79 Å². The van der Waals surface area contributed by atoms with Crippen molar-refractivity contribution in [2.24, 2.45) is 11.7 Å². The number of nitrogens with two attached hydrogens (primary N) is 1. The van der Waals surface area contributed by atoms with Gasteiger partial charge in [-0.1, -0.05) is 13.8 Å². The van der Waals surface area contributed by atoms with Crippen molar-refractivity contribution in [1.82, 2.24) is 0 Å². The zero-order valence-corrected chi connectivity index (χ0v) is 13.9. The predicted molar refractivity (Wildman–Crippen MR) is 90.7 cm³/mol. The number of carbonyl (C=O) groups excluding carboxylic acids is 1. The Morgan fingerprint density at radius 3 is 2.19 bits per heavy atom. The number of nitrogens with one attached hydrogen (secondary N) is 1. The molecule has 0 aliphatic carbocycles. The number of nitrogens with zero attached hydrogens (tertiary/aromatic N) is 1. The molecule has 0 aliphatic heterocycles. The lowest BCUT2D eigenvalue weighted by Crippen LogP contribution is -2.36. The van der Waals surface area contributed by atoms with Gasteiger partial charge in [0.15, 0.2) is 0 Å². The number of rotatable bonds is 7. The number of amides is 1. The molecule has 1 aromatic rings. The summed E-state index contributed by atoms with van der Waals surface area (Å²) in [7, 11) is 0. The molecule has 0 aromatic heterocycles. The van der Waals surface area contributed by atoms with Gasteiger partial charge in [-0.15, -0.1) is 0 Å². The second-order valence-electron chi connectivity index (χ2n) is 6.15. The van der Waals surface area contributed by atoms with Gasteiger partial charge in [-0.3, -0.25) is 4.79 Å². The van der Waals surface area contributed by atoms with Crippen molar-refractivity contribution in [3.63, 3.8) is 0 Å². The average Bonchev–Trinajstić information content (AvgIpc) is 2.40. The van der Waals surface area contributed by atoms with E-state index in [2.05, 4.69) is 44.8 Å². The predicted octanol–water partition coefficient (Wildman–Crippen LogP) is 3.23. The highest BCUT2D eigenvalue weighted by molar-refractivity contribution is 5.94. The van der Waals surface area contributed by atoms with Crippen LogP contribution in [0.1, 0.15) is 41.0 Å². The van der Waals surface area contributed by atoms with Gasteiger partial charge in [0.05, 0.1) is 6.04 Å². The molecule has 4 nitrogen and oxygen atoms in total. The summed E-state index contributed by atoms with van der Waals surface area (Å²) < 4.78 is 0. The van der Waals surface area contributed by atoms with Gasteiger partial charge in [0.2, 0.25) is 5.91 Å². The summed E-state index contributed by atoms with van der Waals surface area (Å²) in [4.78, 5) is 14.3. The number of hydrogen-bond donors (Lipinski definition) is 2. The molecule has 4 heteroatoms. The van der Waals surface area contributed by atoms with Crippen LogP contribution in [0.3, 0.4) is 0 Å². The second-order valence-corrected chi connectivity index (χ2v) is 6.15. The summed E-state index contributed by atoms with van der Waals surface area (Å²) in [6, 6.07) is 7.93. The van der Waals surface area contributed by atoms with Crippen molar-refractivity contribution in [1.29, 1.82) is 0 Å². The van der Waals surface area contributed by atoms with Crippen molar-refractivity contribution in [2.45, 2.75) is 53.1 Å². The van der Waals surface area contributed by atoms with Gasteiger partial charge in [0.1, 0.15) is 0 Å². The van der Waals surface area contributed by atoms with Gasteiger partial charge in [0.25, 0.3) is 0 Å². The highest BCUT2D eigenvalue weighted by Gasteiger charge is 2.15. The van der Waals surface area contributed by atoms with Crippen LogP contribution in [-0.4, -0.2) is 24.5 Å². The molecule has 118 valence electrons. The van der Waals surface area contributed by atoms with Crippen LogP contribution in [0.15, 0.2) is 24.3 Å². The van der Waals surface area contributed by atoms with E-state index >= 15 is 0 Å². The van der Waals surface area contributed by atoms with E-state index in [0.29, 0.717) is 18.4 Å². The van der Waals surface area contributed by atoms with Crippen molar-refractivity contribution >= 4 is 17.3 Å². The molecule has 1 atom stereocenters. The topological polar surface area (TPSA) is 58.4 Å². The minimum atomic E-state index is -0.451. The molecule has 0 saturated heterocycles. The van der Waals surface area contributed by atoms with Gasteiger partial charge in [-0.25, -0.2) is 0 Å². The van der Waals surface area contributed by atoms with Crippen molar-refractivity contribution in [2.75, 3.05) is 16.8 Å². The Hall–Kier alpha value is -1.55. The first kappa shape index (κ1) is 17.5. The fourth-order valence-corrected chi connectivity index (χ4v) is 2.43. The number of hydrogen-bond acceptors (Lipinski definition) is 3. The van der Waals surface area contributed by atoms with Gasteiger partial charge < -0.3 is 16.0 Å². The Morgan fingerprint density at radius 1 is 1.19 bits per heavy atom. The maximum atomic E-state index is 12.0. The van der Waals surface area contributed by atoms with Gasteiger partial charge in [0, 0.05) is 24.0 Å². The molecule has 0 spiro atoms. The second kappa shape index (κ2) is 8.03. The van der Waals surface area contributed by atoms with E-state index in [4.69, 9.17) is 5.73 Å². The van der Waals surface area contributed by atoms with Gasteiger partial charge in [-0.05, 0) is 57.4 Å². The molecule has 0 fully saturated rings. The monoisotopic (exact) mass is 291 g/mol. The zero-order chi connectivity index (χ0) is 16.0. The van der Waals surface area contributed by atoms with E-state index in [1.807, 2.05) is 24.3 Å². The van der Waals surface area contributed by atoms with Gasteiger partial charge in [-0.2, -0.15) is 0 Å². The van der Waals surface area contributed by atoms with Crippen molar-refractivity contribution in [3.05, 3.63) is 24.3 Å². The summed E-state index contributed by atoms with van der Waals surface area (Å²) >= 11 is 0. The Bertz CT molecular complexity index is 440. The van der Waals surface area contributed by atoms with Crippen LogP contribution >= 0.6 is 0 Å². The average molecular weight is 291 g/mol. The third-order valence-electron chi connectivity index (χ3n) is 3.49. The van der Waals surface area contributed by atoms with E-state index in [1.54, 1.807) is 0 Å². The number of carbonyl (C=O) groups is 1. The minimum Gasteiger partial charge on any atom is -0.369 e. The molecule has 0 bridgehead atoms. The van der Waals surface area contributed by atoms with Crippen molar-refractivity contribution in [3.8, 4) is 0 Å². The fourth-order valence-electron chi connectivity index (χ4n) is 2.43. The Balaban J connectivity index is 2.68. The number of benzene rings is 1. The Labute approximate surface area is 128 Å². The van der Waals surface area contributed by atoms with Crippen molar-refractivity contribution < 1.29 is 4.79 Å². The quantitative estimate of drug-likeness (QED) is 0.811. The van der Waals surface area contributed by atoms with Crippen LogP contribution in [0.4, 0.5) is 11.4 Å². The summed E-state index contributed by atoms with van der Waals surface area (Å²) in [6.45, 7) is 11.6. The number of anilines is 2. The molecule has 21 heavy (non-hydrogen) atoms. The summed E-state index contributed by atoms with van der Waals surface area (Å²) in [5.74, 6) is 0.296. The van der Waals surface area contributed by atoms with Crippen LogP contribution in [-0.2, 0) is 4.79 Å². The summed E-state index contributed by atoms with van der Waals surface area (Å²) in [5.41, 5.74) is 7.84. The highest BCUT2D eigenvalue weighted by Crippen LogP contribution is 2.20. The fraction of sp³-hybridized carbons (Fsp3) is 0.588. The van der Waals surface area contributed by atoms with E-state index in [-0.39, 0.29) is 5.91 Å². The van der Waals surface area contributed by atoms with Crippen LogP contribution < -0.4 is 16.0 Å². The first-order chi connectivity index (χ1) is 9.85. The van der Waals surface area contributed by atoms with Crippen LogP contribution in [0.25, 0.3) is 0 Å². The Kier molecular flexibility index (Phi) is 6.69. The molecular formula is C17H29N3O. The van der Waals surface area contributed by atoms with E-state index in [1.165, 1.54) is 0 Å². The molecule has 0 radical (unpaired) electrons. The molecule has 1 amide bonds. The lowest BCUT2D eigenvalue weighted by atomic mass is 10.0. The molecule has 3 N–H and O–H groups in total.